The lowest BCUT2D eigenvalue weighted by Gasteiger charge is -2.15. The fourth-order valence-electron chi connectivity index (χ4n) is 3.04. The lowest BCUT2D eigenvalue weighted by molar-refractivity contribution is -0.274. The third-order valence-electron chi connectivity index (χ3n) is 4.67. The van der Waals surface area contributed by atoms with Gasteiger partial charge < -0.3 is 15.2 Å². The normalized spacial score (nSPS) is 15.2. The Bertz CT molecular complexity index is 942. The van der Waals surface area contributed by atoms with E-state index in [1.165, 1.54) is 29.2 Å². The molecule has 10 heteroatoms. The Balaban J connectivity index is 1.52. The molecule has 0 aromatic heterocycles. The minimum absolute atomic E-state index is 0.145. The van der Waals surface area contributed by atoms with Gasteiger partial charge in [-0.3, -0.25) is 19.3 Å². The number of ether oxygens (including phenoxy) is 1. The van der Waals surface area contributed by atoms with Crippen molar-refractivity contribution in [3.05, 3.63) is 65.2 Å². The summed E-state index contributed by atoms with van der Waals surface area (Å²) in [6, 6.07) is 11.0. The van der Waals surface area contributed by atoms with Crippen LogP contribution in [0.1, 0.15) is 40.4 Å². The molecule has 0 spiro atoms. The van der Waals surface area contributed by atoms with E-state index in [1.807, 2.05) is 0 Å². The fraction of sp³-hybridized carbons (Fsp3) is 0.286. The van der Waals surface area contributed by atoms with Gasteiger partial charge in [0.25, 0.3) is 5.91 Å². The smallest absolute Gasteiger partial charge is 0.406 e. The number of hydrogen-bond acceptors (Lipinski definition) is 5. The first-order chi connectivity index (χ1) is 14.6. The Kier molecular flexibility index (Phi) is 6.59. The van der Waals surface area contributed by atoms with Gasteiger partial charge in [0, 0.05) is 24.9 Å². The Morgan fingerprint density at radius 2 is 1.61 bits per heavy atom. The molecule has 7 nitrogen and oxygen atoms in total. The lowest BCUT2D eigenvalue weighted by atomic mass is 10.1. The first-order valence-corrected chi connectivity index (χ1v) is 9.36. The van der Waals surface area contributed by atoms with Crippen LogP contribution in [-0.2, 0) is 16.1 Å². The van der Waals surface area contributed by atoms with Crippen LogP contribution in [0, 0.1) is 0 Å². The van der Waals surface area contributed by atoms with Crippen LogP contribution in [0.25, 0.3) is 0 Å². The van der Waals surface area contributed by atoms with Crippen LogP contribution >= 0.6 is 0 Å². The van der Waals surface area contributed by atoms with E-state index in [0.717, 1.165) is 12.1 Å². The molecule has 0 bridgehead atoms. The van der Waals surface area contributed by atoms with Crippen LogP contribution in [0.4, 0.5) is 13.2 Å². The molecule has 31 heavy (non-hydrogen) atoms. The first kappa shape index (κ1) is 22.3. The summed E-state index contributed by atoms with van der Waals surface area (Å²) in [6.07, 6.45) is -5.52. The average molecular weight is 436 g/mol. The van der Waals surface area contributed by atoms with E-state index in [1.54, 1.807) is 12.1 Å². The molecule has 0 radical (unpaired) electrons. The SMILES string of the molecule is O=C(NCC(O)c1ccc(OC(F)(F)F)cc1)c1ccc(CN2C(=O)CCC2=O)cc1. The number of amides is 3. The van der Waals surface area contributed by atoms with Gasteiger partial charge in [0.2, 0.25) is 11.8 Å². The van der Waals surface area contributed by atoms with Crippen LogP contribution < -0.4 is 10.1 Å². The standard InChI is InChI=1S/C21H19F3N2O5/c22-21(23,24)31-16-7-5-14(6-8-16)17(27)11-25-20(30)15-3-1-13(2-4-15)12-26-18(28)9-10-19(26)29/h1-8,17,27H,9-12H2,(H,25,30). The predicted molar refractivity (Wildman–Crippen MR) is 102 cm³/mol. The largest absolute Gasteiger partial charge is 0.573 e. The number of aliphatic hydroxyl groups excluding tert-OH is 1. The van der Waals surface area contributed by atoms with E-state index in [0.29, 0.717) is 16.7 Å². The van der Waals surface area contributed by atoms with Crippen molar-refractivity contribution in [3.63, 3.8) is 0 Å². The zero-order valence-corrected chi connectivity index (χ0v) is 16.2. The highest BCUT2D eigenvalue weighted by Crippen LogP contribution is 2.24. The van der Waals surface area contributed by atoms with Crippen molar-refractivity contribution in [2.24, 2.45) is 0 Å². The van der Waals surface area contributed by atoms with E-state index in [9.17, 15) is 32.7 Å². The summed E-state index contributed by atoms with van der Waals surface area (Å²) < 4.78 is 40.3. The number of carbonyl (C=O) groups is 3. The molecule has 1 aliphatic heterocycles. The molecule has 1 saturated heterocycles. The van der Waals surface area contributed by atoms with Gasteiger partial charge in [-0.25, -0.2) is 0 Å². The maximum atomic E-state index is 12.3. The molecule has 2 aromatic carbocycles. The van der Waals surface area contributed by atoms with Crippen LogP contribution in [0.3, 0.4) is 0 Å². The Hall–Kier alpha value is -3.40. The number of rotatable bonds is 7. The first-order valence-electron chi connectivity index (χ1n) is 9.36. The van der Waals surface area contributed by atoms with Crippen molar-refractivity contribution in [3.8, 4) is 5.75 Å². The van der Waals surface area contributed by atoms with E-state index in [2.05, 4.69) is 10.1 Å². The number of halogens is 3. The molecule has 1 fully saturated rings. The molecular formula is C21H19F3N2O5. The molecule has 1 aliphatic rings. The highest BCUT2D eigenvalue weighted by Gasteiger charge is 2.31. The third-order valence-corrected chi connectivity index (χ3v) is 4.67. The number of alkyl halides is 3. The molecule has 0 aliphatic carbocycles. The van der Waals surface area contributed by atoms with Gasteiger partial charge >= 0.3 is 6.36 Å². The number of benzene rings is 2. The summed E-state index contributed by atoms with van der Waals surface area (Å²) in [5.41, 5.74) is 1.32. The third kappa shape index (κ3) is 6.05. The number of aliphatic hydroxyl groups is 1. The molecular weight excluding hydrogens is 417 g/mol. The predicted octanol–water partition coefficient (Wildman–Crippen LogP) is 2.70. The number of likely N-dealkylation sites (tertiary alicyclic amines) is 1. The van der Waals surface area contributed by atoms with Crippen molar-refractivity contribution < 1.29 is 37.4 Å². The minimum atomic E-state index is -4.80. The highest BCUT2D eigenvalue weighted by molar-refractivity contribution is 6.01. The van der Waals surface area contributed by atoms with Gasteiger partial charge in [-0.1, -0.05) is 24.3 Å². The van der Waals surface area contributed by atoms with E-state index in [-0.39, 0.29) is 37.7 Å². The van der Waals surface area contributed by atoms with Crippen LogP contribution in [-0.4, -0.2) is 40.6 Å². The monoisotopic (exact) mass is 436 g/mol. The van der Waals surface area contributed by atoms with Crippen molar-refractivity contribution in [1.82, 2.24) is 10.2 Å². The molecule has 2 N–H and O–H groups in total. The molecule has 1 heterocycles. The van der Waals surface area contributed by atoms with Crippen molar-refractivity contribution >= 4 is 17.7 Å². The van der Waals surface area contributed by atoms with Gasteiger partial charge in [-0.2, -0.15) is 0 Å². The molecule has 1 atom stereocenters. The summed E-state index contributed by atoms with van der Waals surface area (Å²) in [6.45, 7) is -0.0107. The fourth-order valence-corrected chi connectivity index (χ4v) is 3.04. The molecule has 2 aromatic rings. The maximum Gasteiger partial charge on any atom is 0.573 e. The molecule has 3 amide bonds. The number of carbonyl (C=O) groups excluding carboxylic acids is 3. The quantitative estimate of drug-likeness (QED) is 0.651. The minimum Gasteiger partial charge on any atom is -0.406 e. The van der Waals surface area contributed by atoms with E-state index >= 15 is 0 Å². The Morgan fingerprint density at radius 1 is 1.03 bits per heavy atom. The van der Waals surface area contributed by atoms with E-state index in [4.69, 9.17) is 0 Å². The molecule has 164 valence electrons. The molecule has 0 saturated carbocycles. The number of imide groups is 1. The van der Waals surface area contributed by atoms with Crippen LogP contribution in [0.15, 0.2) is 48.5 Å². The van der Waals surface area contributed by atoms with Gasteiger partial charge in [0.1, 0.15) is 5.75 Å². The van der Waals surface area contributed by atoms with E-state index < -0.39 is 24.1 Å². The summed E-state index contributed by atoms with van der Waals surface area (Å²) in [5.74, 6) is -1.32. The van der Waals surface area contributed by atoms with Crippen molar-refractivity contribution in [2.75, 3.05) is 6.54 Å². The van der Waals surface area contributed by atoms with Gasteiger partial charge in [0.05, 0.1) is 12.6 Å². The second-order valence-corrected chi connectivity index (χ2v) is 6.91. The summed E-state index contributed by atoms with van der Waals surface area (Å²) >= 11 is 0. The second-order valence-electron chi connectivity index (χ2n) is 6.91. The van der Waals surface area contributed by atoms with Gasteiger partial charge in [-0.05, 0) is 35.4 Å². The molecule has 1 unspecified atom stereocenters. The Labute approximate surface area is 175 Å². The number of nitrogens with zero attached hydrogens (tertiary/aromatic N) is 1. The zero-order valence-electron chi connectivity index (χ0n) is 16.2. The summed E-state index contributed by atoms with van der Waals surface area (Å²) in [5, 5.41) is 12.7. The number of nitrogens with one attached hydrogen (secondary N) is 1. The van der Waals surface area contributed by atoms with Crippen LogP contribution in [0.5, 0.6) is 5.75 Å². The van der Waals surface area contributed by atoms with Crippen LogP contribution in [0.2, 0.25) is 0 Å². The van der Waals surface area contributed by atoms with Crippen molar-refractivity contribution in [2.45, 2.75) is 31.9 Å². The summed E-state index contributed by atoms with van der Waals surface area (Å²) in [4.78, 5) is 36.8. The second kappa shape index (κ2) is 9.17. The van der Waals surface area contributed by atoms with Gasteiger partial charge in [-0.15, -0.1) is 13.2 Å². The van der Waals surface area contributed by atoms with Crippen molar-refractivity contribution in [1.29, 1.82) is 0 Å². The maximum absolute atomic E-state index is 12.3. The lowest BCUT2D eigenvalue weighted by Crippen LogP contribution is -2.29. The zero-order chi connectivity index (χ0) is 22.6. The summed E-state index contributed by atoms with van der Waals surface area (Å²) in [7, 11) is 0. The average Bonchev–Trinajstić information content (AvgIpc) is 3.03. The number of hydrogen-bond donors (Lipinski definition) is 2. The molecule has 3 rings (SSSR count). The Morgan fingerprint density at radius 3 is 2.16 bits per heavy atom. The highest BCUT2D eigenvalue weighted by atomic mass is 19.4. The van der Waals surface area contributed by atoms with Gasteiger partial charge in [0.15, 0.2) is 0 Å². The topological polar surface area (TPSA) is 95.9 Å².